The minimum atomic E-state index is -2.90. The summed E-state index contributed by atoms with van der Waals surface area (Å²) in [4.78, 5) is 4.51. The Labute approximate surface area is 158 Å². The van der Waals surface area contributed by atoms with Crippen molar-refractivity contribution in [3.8, 4) is 17.0 Å². The van der Waals surface area contributed by atoms with E-state index in [1.54, 1.807) is 12.1 Å². The molecule has 0 unspecified atom stereocenters. The highest BCUT2D eigenvalue weighted by molar-refractivity contribution is 6.30. The maximum absolute atomic E-state index is 12.7. The summed E-state index contributed by atoms with van der Waals surface area (Å²) in [5.74, 6) is 1.46. The molecule has 2 aromatic rings. The normalized spacial score (nSPS) is 20.3. The summed E-state index contributed by atoms with van der Waals surface area (Å²) in [6.07, 6.45) is 9.43. The van der Waals surface area contributed by atoms with Crippen molar-refractivity contribution in [2.75, 3.05) is 0 Å². The average Bonchev–Trinajstić information content (AvgIpc) is 2.63. The van der Waals surface area contributed by atoms with E-state index in [4.69, 9.17) is 11.6 Å². The van der Waals surface area contributed by atoms with Crippen LogP contribution in [-0.2, 0) is 0 Å². The SMILES string of the molecule is CCCC1CCC(c2ccc(-c3ccc(Cl)cc3OC(F)F)nc2)CC1. The number of hydrogen-bond donors (Lipinski definition) is 0. The van der Waals surface area contributed by atoms with Gasteiger partial charge in [0, 0.05) is 16.8 Å². The average molecular weight is 380 g/mol. The molecule has 0 atom stereocenters. The third kappa shape index (κ3) is 4.73. The van der Waals surface area contributed by atoms with Crippen LogP contribution in [0.1, 0.15) is 56.9 Å². The van der Waals surface area contributed by atoms with E-state index in [0.29, 0.717) is 22.2 Å². The predicted molar refractivity (Wildman–Crippen MR) is 101 cm³/mol. The Morgan fingerprint density at radius 2 is 1.92 bits per heavy atom. The van der Waals surface area contributed by atoms with Crippen LogP contribution in [-0.4, -0.2) is 11.6 Å². The molecule has 0 amide bonds. The van der Waals surface area contributed by atoms with Crippen LogP contribution >= 0.6 is 11.6 Å². The fraction of sp³-hybridized carbons (Fsp3) is 0.476. The molecule has 0 radical (unpaired) electrons. The number of alkyl halides is 2. The van der Waals surface area contributed by atoms with Crippen molar-refractivity contribution in [1.82, 2.24) is 4.98 Å². The Hall–Kier alpha value is -1.68. The van der Waals surface area contributed by atoms with E-state index >= 15 is 0 Å². The third-order valence-electron chi connectivity index (χ3n) is 5.24. The molecule has 0 saturated heterocycles. The lowest BCUT2D eigenvalue weighted by Gasteiger charge is -2.28. The number of nitrogens with zero attached hydrogens (tertiary/aromatic N) is 1. The predicted octanol–water partition coefficient (Wildman–Crippen LogP) is 7.08. The van der Waals surface area contributed by atoms with E-state index in [0.717, 1.165) is 5.92 Å². The van der Waals surface area contributed by atoms with E-state index in [1.165, 1.54) is 50.2 Å². The van der Waals surface area contributed by atoms with Gasteiger partial charge in [0.05, 0.1) is 5.69 Å². The zero-order valence-corrected chi connectivity index (χ0v) is 15.7. The summed E-state index contributed by atoms with van der Waals surface area (Å²) in [6, 6.07) is 8.66. The van der Waals surface area contributed by atoms with Crippen molar-refractivity contribution in [2.24, 2.45) is 5.92 Å². The molecular formula is C21H24ClF2NO. The largest absolute Gasteiger partial charge is 0.434 e. The number of rotatable bonds is 6. The molecule has 1 aliphatic carbocycles. The van der Waals surface area contributed by atoms with Gasteiger partial charge in [-0.3, -0.25) is 4.98 Å². The van der Waals surface area contributed by atoms with Crippen molar-refractivity contribution in [3.05, 3.63) is 47.1 Å². The Morgan fingerprint density at radius 3 is 2.54 bits per heavy atom. The summed E-state index contributed by atoms with van der Waals surface area (Å²) in [5, 5.41) is 0.352. The fourth-order valence-electron chi connectivity index (χ4n) is 3.90. The Morgan fingerprint density at radius 1 is 1.15 bits per heavy atom. The molecule has 3 rings (SSSR count). The zero-order valence-electron chi connectivity index (χ0n) is 14.9. The zero-order chi connectivity index (χ0) is 18.5. The summed E-state index contributed by atoms with van der Waals surface area (Å²) in [6.45, 7) is -0.651. The molecule has 140 valence electrons. The smallest absolute Gasteiger partial charge is 0.387 e. The van der Waals surface area contributed by atoms with E-state index in [9.17, 15) is 8.78 Å². The topological polar surface area (TPSA) is 22.1 Å². The van der Waals surface area contributed by atoms with Gasteiger partial charge in [-0.2, -0.15) is 8.78 Å². The molecule has 0 N–H and O–H groups in total. The monoisotopic (exact) mass is 379 g/mol. The first-order valence-electron chi connectivity index (χ1n) is 9.27. The molecular weight excluding hydrogens is 356 g/mol. The highest BCUT2D eigenvalue weighted by atomic mass is 35.5. The second-order valence-corrected chi connectivity index (χ2v) is 7.44. The van der Waals surface area contributed by atoms with E-state index in [2.05, 4.69) is 22.7 Å². The highest BCUT2D eigenvalue weighted by Crippen LogP contribution is 2.38. The van der Waals surface area contributed by atoms with Crippen molar-refractivity contribution in [2.45, 2.75) is 58.0 Å². The molecule has 0 spiro atoms. The van der Waals surface area contributed by atoms with Gasteiger partial charge in [-0.15, -0.1) is 0 Å². The van der Waals surface area contributed by atoms with Crippen molar-refractivity contribution in [3.63, 3.8) is 0 Å². The van der Waals surface area contributed by atoms with Gasteiger partial charge in [0.1, 0.15) is 5.75 Å². The van der Waals surface area contributed by atoms with Gasteiger partial charge in [0.25, 0.3) is 0 Å². The fourth-order valence-corrected chi connectivity index (χ4v) is 4.06. The van der Waals surface area contributed by atoms with Gasteiger partial charge in [-0.05, 0) is 67.3 Å². The van der Waals surface area contributed by atoms with Gasteiger partial charge in [0.15, 0.2) is 0 Å². The Bertz CT molecular complexity index is 712. The van der Waals surface area contributed by atoms with Crippen LogP contribution in [0.25, 0.3) is 11.3 Å². The molecule has 1 fully saturated rings. The Kier molecular flexibility index (Phi) is 6.47. The minimum absolute atomic E-state index is 0.0489. The second-order valence-electron chi connectivity index (χ2n) is 7.00. The summed E-state index contributed by atoms with van der Waals surface area (Å²) < 4.78 is 29.9. The molecule has 0 bridgehead atoms. The van der Waals surface area contributed by atoms with Crippen LogP contribution in [0.2, 0.25) is 5.02 Å². The summed E-state index contributed by atoms with van der Waals surface area (Å²) in [5.41, 5.74) is 2.36. The van der Waals surface area contributed by atoms with Crippen LogP contribution in [0, 0.1) is 5.92 Å². The van der Waals surface area contributed by atoms with E-state index < -0.39 is 6.61 Å². The van der Waals surface area contributed by atoms with Gasteiger partial charge in [-0.25, -0.2) is 0 Å². The maximum Gasteiger partial charge on any atom is 0.387 e. The molecule has 2 nitrogen and oxygen atoms in total. The van der Waals surface area contributed by atoms with Crippen LogP contribution in [0.4, 0.5) is 8.78 Å². The number of aromatic nitrogens is 1. The number of hydrogen-bond acceptors (Lipinski definition) is 2. The minimum Gasteiger partial charge on any atom is -0.434 e. The van der Waals surface area contributed by atoms with Crippen LogP contribution in [0.15, 0.2) is 36.5 Å². The van der Waals surface area contributed by atoms with E-state index in [1.807, 2.05) is 12.3 Å². The first-order valence-corrected chi connectivity index (χ1v) is 9.65. The molecule has 26 heavy (non-hydrogen) atoms. The van der Waals surface area contributed by atoms with Crippen molar-refractivity contribution in [1.29, 1.82) is 0 Å². The van der Waals surface area contributed by atoms with Crippen molar-refractivity contribution >= 4 is 11.6 Å². The van der Waals surface area contributed by atoms with Crippen LogP contribution in [0.5, 0.6) is 5.75 Å². The standard InChI is InChI=1S/C21H24ClF2NO/c1-2-3-14-4-6-15(7-5-14)16-8-11-19(25-13-16)18-10-9-17(22)12-20(18)26-21(23)24/h8-15,21H,2-7H2,1H3. The quantitative estimate of drug-likeness (QED) is 0.535. The molecule has 0 aliphatic heterocycles. The Balaban J connectivity index is 1.74. The summed E-state index contributed by atoms with van der Waals surface area (Å²) in [7, 11) is 0. The van der Waals surface area contributed by atoms with E-state index in [-0.39, 0.29) is 5.75 Å². The van der Waals surface area contributed by atoms with Gasteiger partial charge in [0.2, 0.25) is 0 Å². The van der Waals surface area contributed by atoms with Gasteiger partial charge >= 0.3 is 6.61 Å². The summed E-state index contributed by atoms with van der Waals surface area (Å²) >= 11 is 5.90. The lowest BCUT2D eigenvalue weighted by Crippen LogP contribution is -2.13. The number of benzene rings is 1. The molecule has 1 aliphatic rings. The van der Waals surface area contributed by atoms with Crippen LogP contribution in [0.3, 0.4) is 0 Å². The number of halogens is 3. The molecule has 1 aromatic carbocycles. The highest BCUT2D eigenvalue weighted by Gasteiger charge is 2.22. The van der Waals surface area contributed by atoms with Crippen LogP contribution < -0.4 is 4.74 Å². The molecule has 1 aromatic heterocycles. The van der Waals surface area contributed by atoms with Gasteiger partial charge in [-0.1, -0.05) is 37.4 Å². The van der Waals surface area contributed by atoms with Crippen molar-refractivity contribution < 1.29 is 13.5 Å². The molecule has 1 heterocycles. The molecule has 5 heteroatoms. The second kappa shape index (κ2) is 8.81. The first kappa shape index (κ1) is 19.1. The molecule has 1 saturated carbocycles. The third-order valence-corrected chi connectivity index (χ3v) is 5.47. The van der Waals surface area contributed by atoms with Gasteiger partial charge < -0.3 is 4.74 Å². The number of ether oxygens (including phenoxy) is 1. The number of pyridine rings is 1. The maximum atomic E-state index is 12.7. The lowest BCUT2D eigenvalue weighted by molar-refractivity contribution is -0.0494. The first-order chi connectivity index (χ1) is 12.6. The lowest BCUT2D eigenvalue weighted by atomic mass is 9.77.